The summed E-state index contributed by atoms with van der Waals surface area (Å²) in [5.74, 6) is 0.223. The Kier molecular flexibility index (Phi) is 6.81. The van der Waals surface area contributed by atoms with Gasteiger partial charge in [0.05, 0.1) is 24.0 Å². The van der Waals surface area contributed by atoms with E-state index in [1.807, 2.05) is 24.8 Å². The molecule has 8 heteroatoms. The Bertz CT molecular complexity index is 1140. The molecular formula is C23H27N5O3. The summed E-state index contributed by atoms with van der Waals surface area (Å²) < 4.78 is 0. The third-order valence-electron chi connectivity index (χ3n) is 4.91. The number of nitrogens with one attached hydrogen (secondary N) is 2. The minimum absolute atomic E-state index is 0.0580. The number of hydrogen-bond acceptors (Lipinski definition) is 5. The molecule has 8 nitrogen and oxygen atoms in total. The van der Waals surface area contributed by atoms with Crippen molar-refractivity contribution in [2.24, 2.45) is 0 Å². The fourth-order valence-electron chi connectivity index (χ4n) is 3.16. The van der Waals surface area contributed by atoms with Gasteiger partial charge in [-0.1, -0.05) is 12.1 Å². The van der Waals surface area contributed by atoms with Crippen molar-refractivity contribution >= 4 is 28.4 Å². The van der Waals surface area contributed by atoms with Crippen molar-refractivity contribution in [2.75, 3.05) is 26.0 Å². The maximum Gasteiger partial charge on any atom is 0.258 e. The van der Waals surface area contributed by atoms with Crippen LogP contribution in [-0.2, 0) is 11.3 Å². The van der Waals surface area contributed by atoms with E-state index in [9.17, 15) is 14.4 Å². The summed E-state index contributed by atoms with van der Waals surface area (Å²) in [6, 6.07) is 14.0. The number of hydrogen-bond donors (Lipinski definition) is 2. The number of para-hydroxylation sites is 1. The molecular weight excluding hydrogens is 394 g/mol. The van der Waals surface area contributed by atoms with Crippen molar-refractivity contribution in [3.8, 4) is 0 Å². The average molecular weight is 422 g/mol. The van der Waals surface area contributed by atoms with E-state index in [1.165, 1.54) is 4.90 Å². The SMILES string of the molecule is CC(C)N(CC(=O)Nc1ccc(C(=O)N(C)C)cc1)Cc1nc2ccccc2c(=O)[nH]1. The molecule has 3 rings (SSSR count). The van der Waals surface area contributed by atoms with Crippen LogP contribution >= 0.6 is 0 Å². The van der Waals surface area contributed by atoms with E-state index in [0.29, 0.717) is 34.5 Å². The summed E-state index contributed by atoms with van der Waals surface area (Å²) in [6.45, 7) is 4.43. The van der Waals surface area contributed by atoms with Gasteiger partial charge in [0.25, 0.3) is 11.5 Å². The van der Waals surface area contributed by atoms with Crippen LogP contribution in [0.4, 0.5) is 5.69 Å². The fraction of sp³-hybridized carbons (Fsp3) is 0.304. The molecule has 31 heavy (non-hydrogen) atoms. The van der Waals surface area contributed by atoms with E-state index in [2.05, 4.69) is 15.3 Å². The lowest BCUT2D eigenvalue weighted by Gasteiger charge is -2.25. The minimum Gasteiger partial charge on any atom is -0.345 e. The first-order valence-corrected chi connectivity index (χ1v) is 10.1. The lowest BCUT2D eigenvalue weighted by Crippen LogP contribution is -2.38. The van der Waals surface area contributed by atoms with Crippen LogP contribution in [0, 0.1) is 0 Å². The molecule has 1 heterocycles. The van der Waals surface area contributed by atoms with Gasteiger partial charge in [-0.2, -0.15) is 0 Å². The molecule has 2 amide bonds. The molecule has 0 spiro atoms. The Balaban J connectivity index is 1.68. The van der Waals surface area contributed by atoms with Gasteiger partial charge in [0.1, 0.15) is 5.82 Å². The second kappa shape index (κ2) is 9.53. The molecule has 0 saturated heterocycles. The standard InChI is InChI=1S/C23H27N5O3/c1-15(2)28(13-20-25-19-8-6-5-7-18(19)22(30)26-20)14-21(29)24-17-11-9-16(10-12-17)23(31)27(3)4/h5-12,15H,13-14H2,1-4H3,(H,24,29)(H,25,26,30). The molecule has 0 saturated carbocycles. The molecule has 0 aliphatic rings. The number of carbonyl (C=O) groups excluding carboxylic acids is 2. The summed E-state index contributed by atoms with van der Waals surface area (Å²) in [4.78, 5) is 47.6. The Labute approximate surface area is 180 Å². The van der Waals surface area contributed by atoms with E-state index in [-0.39, 0.29) is 30.0 Å². The van der Waals surface area contributed by atoms with Crippen molar-refractivity contribution in [1.82, 2.24) is 19.8 Å². The second-order valence-electron chi connectivity index (χ2n) is 7.85. The van der Waals surface area contributed by atoms with Crippen LogP contribution < -0.4 is 10.9 Å². The van der Waals surface area contributed by atoms with Crippen molar-refractivity contribution in [1.29, 1.82) is 0 Å². The number of aromatic amines is 1. The monoisotopic (exact) mass is 421 g/mol. The molecule has 162 valence electrons. The van der Waals surface area contributed by atoms with Gasteiger partial charge in [-0.15, -0.1) is 0 Å². The third kappa shape index (κ3) is 5.55. The third-order valence-corrected chi connectivity index (χ3v) is 4.91. The lowest BCUT2D eigenvalue weighted by atomic mass is 10.2. The zero-order valence-electron chi connectivity index (χ0n) is 18.2. The fourth-order valence-corrected chi connectivity index (χ4v) is 3.16. The second-order valence-corrected chi connectivity index (χ2v) is 7.85. The number of carbonyl (C=O) groups is 2. The van der Waals surface area contributed by atoms with Gasteiger partial charge in [-0.05, 0) is 50.2 Å². The molecule has 0 aliphatic carbocycles. The zero-order valence-corrected chi connectivity index (χ0v) is 18.2. The van der Waals surface area contributed by atoms with Crippen LogP contribution in [-0.4, -0.2) is 58.3 Å². The smallest absolute Gasteiger partial charge is 0.258 e. The first kappa shape index (κ1) is 22.2. The number of H-pyrrole nitrogens is 1. The van der Waals surface area contributed by atoms with Crippen LogP contribution in [0.15, 0.2) is 53.3 Å². The highest BCUT2D eigenvalue weighted by atomic mass is 16.2. The molecule has 0 radical (unpaired) electrons. The van der Waals surface area contributed by atoms with Crippen molar-refractivity contribution in [2.45, 2.75) is 26.4 Å². The van der Waals surface area contributed by atoms with Gasteiger partial charge >= 0.3 is 0 Å². The largest absolute Gasteiger partial charge is 0.345 e. The van der Waals surface area contributed by atoms with Crippen LogP contribution in [0.5, 0.6) is 0 Å². The van der Waals surface area contributed by atoms with Gasteiger partial charge < -0.3 is 15.2 Å². The van der Waals surface area contributed by atoms with Crippen LogP contribution in [0.2, 0.25) is 0 Å². The van der Waals surface area contributed by atoms with E-state index < -0.39 is 0 Å². The molecule has 0 aliphatic heterocycles. The summed E-state index contributed by atoms with van der Waals surface area (Å²) in [5, 5.41) is 3.39. The number of rotatable bonds is 7. The first-order valence-electron chi connectivity index (χ1n) is 10.1. The molecule has 0 unspecified atom stereocenters. The lowest BCUT2D eigenvalue weighted by molar-refractivity contribution is -0.117. The topological polar surface area (TPSA) is 98.4 Å². The number of nitrogens with zero attached hydrogens (tertiary/aromatic N) is 3. The van der Waals surface area contributed by atoms with Gasteiger partial charge in [0.2, 0.25) is 5.91 Å². The van der Waals surface area contributed by atoms with Crippen molar-refractivity contribution < 1.29 is 9.59 Å². The maximum atomic E-state index is 12.6. The molecule has 1 aromatic heterocycles. The Morgan fingerprint density at radius 3 is 2.39 bits per heavy atom. The summed E-state index contributed by atoms with van der Waals surface area (Å²) in [7, 11) is 3.38. The highest BCUT2D eigenvalue weighted by Crippen LogP contribution is 2.12. The maximum absolute atomic E-state index is 12.6. The molecule has 0 fully saturated rings. The van der Waals surface area contributed by atoms with Crippen molar-refractivity contribution in [3.63, 3.8) is 0 Å². The summed E-state index contributed by atoms with van der Waals surface area (Å²) in [5.41, 5.74) is 1.60. The first-order chi connectivity index (χ1) is 14.7. The Hall–Kier alpha value is -3.52. The minimum atomic E-state index is -0.193. The van der Waals surface area contributed by atoms with Crippen LogP contribution in [0.3, 0.4) is 0 Å². The molecule has 2 N–H and O–H groups in total. The molecule has 0 bridgehead atoms. The van der Waals surface area contributed by atoms with E-state index in [1.54, 1.807) is 56.6 Å². The van der Waals surface area contributed by atoms with E-state index >= 15 is 0 Å². The van der Waals surface area contributed by atoms with E-state index in [4.69, 9.17) is 0 Å². The molecule has 0 atom stereocenters. The predicted molar refractivity (Wildman–Crippen MR) is 121 cm³/mol. The average Bonchev–Trinajstić information content (AvgIpc) is 2.73. The number of anilines is 1. The normalized spacial score (nSPS) is 11.2. The Morgan fingerprint density at radius 1 is 1.06 bits per heavy atom. The summed E-state index contributed by atoms with van der Waals surface area (Å²) >= 11 is 0. The number of benzene rings is 2. The highest BCUT2D eigenvalue weighted by molar-refractivity contribution is 5.96. The zero-order chi connectivity index (χ0) is 22.5. The number of fused-ring (bicyclic) bond motifs is 1. The molecule has 3 aromatic rings. The van der Waals surface area contributed by atoms with Crippen molar-refractivity contribution in [3.05, 3.63) is 70.3 Å². The van der Waals surface area contributed by atoms with Crippen LogP contribution in [0.1, 0.15) is 30.0 Å². The van der Waals surface area contributed by atoms with Gasteiger partial charge in [0, 0.05) is 31.4 Å². The summed E-state index contributed by atoms with van der Waals surface area (Å²) in [6.07, 6.45) is 0. The van der Waals surface area contributed by atoms with Crippen LogP contribution in [0.25, 0.3) is 10.9 Å². The van der Waals surface area contributed by atoms with Gasteiger partial charge in [-0.3, -0.25) is 19.3 Å². The van der Waals surface area contributed by atoms with E-state index in [0.717, 1.165) is 0 Å². The quantitative estimate of drug-likeness (QED) is 0.611. The van der Waals surface area contributed by atoms with Gasteiger partial charge in [0.15, 0.2) is 0 Å². The number of amides is 2. The predicted octanol–water partition coefficient (Wildman–Crippen LogP) is 2.47. The Morgan fingerprint density at radius 2 is 1.74 bits per heavy atom. The molecule has 2 aromatic carbocycles. The van der Waals surface area contributed by atoms with Gasteiger partial charge in [-0.25, -0.2) is 4.98 Å². The highest BCUT2D eigenvalue weighted by Gasteiger charge is 2.17. The number of aromatic nitrogens is 2.